The standard InChI is InChI=1S/C30H32F6N4O3/c31-29(32,33)21-2-8-27-20(13-21)14-25(43-27)17-39-9-11-40(12-10-39)28(41)18-42-24-6-4-22(5-7-24)38-23-3-1-19(16-37)26(15-23)30(34,35)36/h1-3,8,13,15,22,24-25,38H,4-7,9-12,14,17-18H2/t22-,24-,25?. The molecule has 1 saturated heterocycles. The summed E-state index contributed by atoms with van der Waals surface area (Å²) in [5, 5.41) is 12.1. The average molecular weight is 611 g/mol. The third kappa shape index (κ3) is 7.72. The minimum absolute atomic E-state index is 0.0408. The molecule has 1 N–H and O–H groups in total. The van der Waals surface area contributed by atoms with Crippen molar-refractivity contribution in [2.75, 3.05) is 44.6 Å². The number of nitrogens with one attached hydrogen (secondary N) is 1. The summed E-state index contributed by atoms with van der Waals surface area (Å²) >= 11 is 0. The molecule has 43 heavy (non-hydrogen) atoms. The number of fused-ring (bicyclic) bond motifs is 1. The fourth-order valence-corrected chi connectivity index (χ4v) is 5.92. The van der Waals surface area contributed by atoms with Crippen LogP contribution in [0.2, 0.25) is 0 Å². The van der Waals surface area contributed by atoms with E-state index in [1.54, 1.807) is 11.0 Å². The van der Waals surface area contributed by atoms with Gasteiger partial charge in [-0.2, -0.15) is 31.6 Å². The molecule has 0 bridgehead atoms. The van der Waals surface area contributed by atoms with Gasteiger partial charge in [-0.3, -0.25) is 9.69 Å². The van der Waals surface area contributed by atoms with Crippen LogP contribution in [0.15, 0.2) is 36.4 Å². The first-order chi connectivity index (χ1) is 20.4. The van der Waals surface area contributed by atoms with Crippen molar-refractivity contribution in [1.82, 2.24) is 9.80 Å². The second-order valence-electron chi connectivity index (χ2n) is 11.2. The first-order valence-corrected chi connectivity index (χ1v) is 14.3. The average Bonchev–Trinajstić information content (AvgIpc) is 3.38. The number of alkyl halides is 6. The largest absolute Gasteiger partial charge is 0.488 e. The normalized spacial score (nSPS) is 22.9. The summed E-state index contributed by atoms with van der Waals surface area (Å²) in [7, 11) is 0. The van der Waals surface area contributed by atoms with E-state index in [0.29, 0.717) is 81.8 Å². The molecule has 2 aromatic rings. The van der Waals surface area contributed by atoms with Crippen LogP contribution in [0.1, 0.15) is 47.9 Å². The molecule has 2 aromatic carbocycles. The lowest BCUT2D eigenvalue weighted by atomic mass is 9.92. The third-order valence-electron chi connectivity index (χ3n) is 8.25. The van der Waals surface area contributed by atoms with Crippen molar-refractivity contribution in [2.24, 2.45) is 0 Å². The molecule has 0 aromatic heterocycles. The van der Waals surface area contributed by atoms with Gasteiger partial charge in [0.15, 0.2) is 0 Å². The quantitative estimate of drug-likeness (QED) is 0.419. The van der Waals surface area contributed by atoms with E-state index < -0.39 is 29.0 Å². The molecule has 1 saturated carbocycles. The van der Waals surface area contributed by atoms with E-state index in [0.717, 1.165) is 18.2 Å². The van der Waals surface area contributed by atoms with Gasteiger partial charge in [0.2, 0.25) is 5.91 Å². The van der Waals surface area contributed by atoms with Gasteiger partial charge in [-0.15, -0.1) is 0 Å². The lowest BCUT2D eigenvalue weighted by Gasteiger charge is -2.36. The Bertz CT molecular complexity index is 1340. The van der Waals surface area contributed by atoms with Gasteiger partial charge in [-0.05, 0) is 67.6 Å². The van der Waals surface area contributed by atoms with Crippen molar-refractivity contribution in [3.05, 3.63) is 58.7 Å². The number of ether oxygens (including phenoxy) is 2. The minimum Gasteiger partial charge on any atom is -0.488 e. The zero-order chi connectivity index (χ0) is 30.8. The molecular weight excluding hydrogens is 578 g/mol. The van der Waals surface area contributed by atoms with E-state index >= 15 is 0 Å². The molecule has 232 valence electrons. The molecule has 2 heterocycles. The SMILES string of the molecule is N#Cc1ccc(N[C@H]2CC[C@H](OCC(=O)N3CCN(CC4Cc5cc(C(F)(F)F)ccc5O4)CC3)CC2)cc1C(F)(F)F. The number of rotatable bonds is 7. The highest BCUT2D eigenvalue weighted by molar-refractivity contribution is 5.77. The molecule has 7 nitrogen and oxygen atoms in total. The van der Waals surface area contributed by atoms with Gasteiger partial charge < -0.3 is 19.7 Å². The van der Waals surface area contributed by atoms with Crippen molar-refractivity contribution in [3.63, 3.8) is 0 Å². The van der Waals surface area contributed by atoms with E-state index in [2.05, 4.69) is 10.2 Å². The van der Waals surface area contributed by atoms with Crippen LogP contribution in [0.4, 0.5) is 32.0 Å². The fourth-order valence-electron chi connectivity index (χ4n) is 5.92. The third-order valence-corrected chi connectivity index (χ3v) is 8.25. The Morgan fingerprint density at radius 1 is 0.977 bits per heavy atom. The van der Waals surface area contributed by atoms with Crippen LogP contribution in [0.3, 0.4) is 0 Å². The molecule has 2 fully saturated rings. The summed E-state index contributed by atoms with van der Waals surface area (Å²) in [6, 6.07) is 8.70. The van der Waals surface area contributed by atoms with Crippen LogP contribution < -0.4 is 10.1 Å². The van der Waals surface area contributed by atoms with Crippen LogP contribution >= 0.6 is 0 Å². The predicted molar refractivity (Wildman–Crippen MR) is 144 cm³/mol. The van der Waals surface area contributed by atoms with Gasteiger partial charge in [-0.25, -0.2) is 0 Å². The Balaban J connectivity index is 1.000. The molecule has 1 unspecified atom stereocenters. The highest BCUT2D eigenvalue weighted by Gasteiger charge is 2.35. The molecule has 1 atom stereocenters. The Hall–Kier alpha value is -3.50. The Morgan fingerprint density at radius 2 is 1.70 bits per heavy atom. The first-order valence-electron chi connectivity index (χ1n) is 14.3. The maximum Gasteiger partial charge on any atom is 0.417 e. The smallest absolute Gasteiger partial charge is 0.417 e. The summed E-state index contributed by atoms with van der Waals surface area (Å²) in [6.07, 6.45) is -6.29. The van der Waals surface area contributed by atoms with Gasteiger partial charge in [0.25, 0.3) is 0 Å². The van der Waals surface area contributed by atoms with E-state index in [1.807, 2.05) is 0 Å². The molecular formula is C30H32F6N4O3. The molecule has 5 rings (SSSR count). The zero-order valence-corrected chi connectivity index (χ0v) is 23.3. The number of amides is 1. The number of hydrogen-bond donors (Lipinski definition) is 1. The molecule has 1 amide bonds. The van der Waals surface area contributed by atoms with Gasteiger partial charge in [0.1, 0.15) is 18.5 Å². The lowest BCUT2D eigenvalue weighted by Crippen LogP contribution is -2.51. The number of carbonyl (C=O) groups is 1. The van der Waals surface area contributed by atoms with Gasteiger partial charge in [0.05, 0.1) is 28.9 Å². The number of anilines is 1. The molecule has 2 aliphatic heterocycles. The number of piperazine rings is 1. The fraction of sp³-hybridized carbons (Fsp3) is 0.533. The van der Waals surface area contributed by atoms with E-state index in [9.17, 15) is 31.1 Å². The summed E-state index contributed by atoms with van der Waals surface area (Å²) in [5.41, 5.74) is -1.19. The summed E-state index contributed by atoms with van der Waals surface area (Å²) < 4.78 is 90.5. The second kappa shape index (κ2) is 12.6. The molecule has 0 radical (unpaired) electrons. The van der Waals surface area contributed by atoms with Gasteiger partial charge in [0, 0.05) is 50.9 Å². The van der Waals surface area contributed by atoms with Crippen LogP contribution in [-0.2, 0) is 28.3 Å². The van der Waals surface area contributed by atoms with Gasteiger partial charge >= 0.3 is 12.4 Å². The van der Waals surface area contributed by atoms with Crippen molar-refractivity contribution in [2.45, 2.75) is 62.7 Å². The maximum atomic E-state index is 13.3. The van der Waals surface area contributed by atoms with Crippen LogP contribution in [0.25, 0.3) is 0 Å². The van der Waals surface area contributed by atoms with Crippen LogP contribution in [0.5, 0.6) is 5.75 Å². The highest BCUT2D eigenvalue weighted by Crippen LogP contribution is 2.37. The zero-order valence-electron chi connectivity index (χ0n) is 23.3. The number of hydrogen-bond acceptors (Lipinski definition) is 6. The van der Waals surface area contributed by atoms with Crippen molar-refractivity contribution < 1.29 is 40.6 Å². The lowest BCUT2D eigenvalue weighted by molar-refractivity contribution is -0.141. The van der Waals surface area contributed by atoms with Crippen molar-refractivity contribution in [3.8, 4) is 11.8 Å². The molecule has 13 heteroatoms. The Labute approximate surface area is 245 Å². The number of carbonyl (C=O) groups excluding carboxylic acids is 1. The first kappa shape index (κ1) is 30.9. The maximum absolute atomic E-state index is 13.3. The summed E-state index contributed by atoms with van der Waals surface area (Å²) in [5.74, 6) is 0.375. The molecule has 0 spiro atoms. The second-order valence-corrected chi connectivity index (χ2v) is 11.2. The molecule has 3 aliphatic rings. The number of nitriles is 1. The number of halogens is 6. The summed E-state index contributed by atoms with van der Waals surface area (Å²) in [6.45, 7) is 2.79. The predicted octanol–water partition coefficient (Wildman–Crippen LogP) is 5.48. The van der Waals surface area contributed by atoms with E-state index in [1.165, 1.54) is 18.2 Å². The number of nitrogens with zero attached hydrogens (tertiary/aromatic N) is 3. The minimum atomic E-state index is -4.61. The van der Waals surface area contributed by atoms with E-state index in [-0.39, 0.29) is 30.8 Å². The summed E-state index contributed by atoms with van der Waals surface area (Å²) in [4.78, 5) is 16.7. The van der Waals surface area contributed by atoms with Crippen LogP contribution in [0, 0.1) is 11.3 Å². The Morgan fingerprint density at radius 3 is 2.35 bits per heavy atom. The monoisotopic (exact) mass is 610 g/mol. The number of benzene rings is 2. The van der Waals surface area contributed by atoms with Gasteiger partial charge in [-0.1, -0.05) is 0 Å². The molecule has 1 aliphatic carbocycles. The highest BCUT2D eigenvalue weighted by atomic mass is 19.4. The Kier molecular flexibility index (Phi) is 9.08. The van der Waals surface area contributed by atoms with Crippen LogP contribution in [-0.4, -0.2) is 73.3 Å². The van der Waals surface area contributed by atoms with E-state index in [4.69, 9.17) is 14.7 Å². The topological polar surface area (TPSA) is 77.8 Å². The van der Waals surface area contributed by atoms with Crippen molar-refractivity contribution in [1.29, 1.82) is 5.26 Å². The van der Waals surface area contributed by atoms with Crippen molar-refractivity contribution >= 4 is 11.6 Å².